The smallest absolute Gasteiger partial charge is 0.143 e. The molecule has 0 aliphatic heterocycles. The van der Waals surface area contributed by atoms with E-state index in [1.807, 2.05) is 24.4 Å². The molecule has 0 fully saturated rings. The largest absolute Gasteiger partial charge is 0.308 e. The molecule has 3 N–H and O–H groups in total. The van der Waals surface area contributed by atoms with Gasteiger partial charge in [0.2, 0.25) is 0 Å². The van der Waals surface area contributed by atoms with Crippen LogP contribution in [0.15, 0.2) is 30.6 Å². The van der Waals surface area contributed by atoms with Crippen molar-refractivity contribution in [2.24, 2.45) is 11.8 Å². The first-order valence-corrected chi connectivity index (χ1v) is 6.39. The second-order valence-electron chi connectivity index (χ2n) is 4.94. The van der Waals surface area contributed by atoms with Crippen LogP contribution in [0.2, 0.25) is 0 Å². The van der Waals surface area contributed by atoms with Crippen molar-refractivity contribution in [2.45, 2.75) is 26.7 Å². The predicted molar refractivity (Wildman–Crippen MR) is 75.4 cm³/mol. The van der Waals surface area contributed by atoms with Crippen molar-refractivity contribution < 1.29 is 0 Å². The Labute approximate surface area is 113 Å². The van der Waals surface area contributed by atoms with Gasteiger partial charge in [0.05, 0.1) is 0 Å². The third-order valence-corrected chi connectivity index (χ3v) is 2.68. The number of anilines is 1. The van der Waals surface area contributed by atoms with E-state index in [2.05, 4.69) is 34.2 Å². The monoisotopic (exact) mass is 257 g/mol. The standard InChI is InChI=1S/C14H19N5/c1-10(2)6-12-8-14(19-15)18-13(17-12)7-11-4-3-5-16-9-11/h3-5,8-10H,6-7,15H2,1-2H3,(H,17,18,19). The minimum absolute atomic E-state index is 0.548. The van der Waals surface area contributed by atoms with Crippen LogP contribution >= 0.6 is 0 Å². The maximum atomic E-state index is 5.46. The lowest BCUT2D eigenvalue weighted by atomic mass is 10.1. The van der Waals surface area contributed by atoms with Crippen LogP contribution in [0.4, 0.5) is 5.82 Å². The van der Waals surface area contributed by atoms with E-state index >= 15 is 0 Å². The minimum Gasteiger partial charge on any atom is -0.308 e. The maximum absolute atomic E-state index is 5.46. The van der Waals surface area contributed by atoms with Gasteiger partial charge in [-0.2, -0.15) is 0 Å². The van der Waals surface area contributed by atoms with Gasteiger partial charge in [0.1, 0.15) is 11.6 Å². The summed E-state index contributed by atoms with van der Waals surface area (Å²) in [5.41, 5.74) is 4.70. The fourth-order valence-electron chi connectivity index (χ4n) is 1.91. The van der Waals surface area contributed by atoms with Gasteiger partial charge in [0.15, 0.2) is 0 Å². The summed E-state index contributed by atoms with van der Waals surface area (Å²) in [5.74, 6) is 7.43. The molecule has 5 heteroatoms. The average Bonchev–Trinajstić information content (AvgIpc) is 2.38. The molecule has 0 unspecified atom stereocenters. The Hall–Kier alpha value is -2.01. The van der Waals surface area contributed by atoms with Crippen molar-refractivity contribution in [1.29, 1.82) is 0 Å². The third kappa shape index (κ3) is 3.99. The van der Waals surface area contributed by atoms with Crippen LogP contribution in [0.25, 0.3) is 0 Å². The SMILES string of the molecule is CC(C)Cc1cc(NN)nc(Cc2cccnc2)n1. The van der Waals surface area contributed by atoms with Gasteiger partial charge in [-0.05, 0) is 24.0 Å². The summed E-state index contributed by atoms with van der Waals surface area (Å²) >= 11 is 0. The molecule has 0 aliphatic carbocycles. The van der Waals surface area contributed by atoms with Gasteiger partial charge in [0.25, 0.3) is 0 Å². The van der Waals surface area contributed by atoms with E-state index in [9.17, 15) is 0 Å². The molecule has 2 rings (SSSR count). The topological polar surface area (TPSA) is 76.7 Å². The first-order chi connectivity index (χ1) is 9.17. The van der Waals surface area contributed by atoms with E-state index in [1.165, 1.54) is 0 Å². The molecule has 2 aromatic rings. The molecular weight excluding hydrogens is 238 g/mol. The second-order valence-corrected chi connectivity index (χ2v) is 4.94. The number of aromatic nitrogens is 3. The Morgan fingerprint density at radius 2 is 2.16 bits per heavy atom. The normalized spacial score (nSPS) is 10.7. The number of nitrogens with two attached hydrogens (primary N) is 1. The van der Waals surface area contributed by atoms with Crippen molar-refractivity contribution in [2.75, 3.05) is 5.43 Å². The van der Waals surface area contributed by atoms with Gasteiger partial charge in [0, 0.05) is 30.6 Å². The Morgan fingerprint density at radius 1 is 1.32 bits per heavy atom. The van der Waals surface area contributed by atoms with Crippen LogP contribution < -0.4 is 11.3 Å². The zero-order valence-corrected chi connectivity index (χ0v) is 11.3. The lowest BCUT2D eigenvalue weighted by molar-refractivity contribution is 0.631. The fraction of sp³-hybridized carbons (Fsp3) is 0.357. The predicted octanol–water partition coefficient (Wildman–Crippen LogP) is 1.95. The first-order valence-electron chi connectivity index (χ1n) is 6.39. The zero-order valence-electron chi connectivity index (χ0n) is 11.3. The number of hydrogen-bond acceptors (Lipinski definition) is 5. The number of nitrogens with zero attached hydrogens (tertiary/aromatic N) is 3. The minimum atomic E-state index is 0.548. The van der Waals surface area contributed by atoms with E-state index < -0.39 is 0 Å². The van der Waals surface area contributed by atoms with Crippen molar-refractivity contribution >= 4 is 5.82 Å². The van der Waals surface area contributed by atoms with Gasteiger partial charge >= 0.3 is 0 Å². The molecule has 0 radical (unpaired) electrons. The van der Waals surface area contributed by atoms with Crippen LogP contribution in [0.1, 0.15) is 30.9 Å². The molecule has 0 saturated carbocycles. The van der Waals surface area contributed by atoms with Crippen molar-refractivity contribution in [1.82, 2.24) is 15.0 Å². The van der Waals surface area contributed by atoms with Gasteiger partial charge < -0.3 is 5.43 Å². The summed E-state index contributed by atoms with van der Waals surface area (Å²) in [5, 5.41) is 0. The van der Waals surface area contributed by atoms with Crippen LogP contribution in [0.3, 0.4) is 0 Å². The van der Waals surface area contributed by atoms with Gasteiger partial charge in [-0.15, -0.1) is 0 Å². The lowest BCUT2D eigenvalue weighted by Gasteiger charge is -2.09. The fourth-order valence-corrected chi connectivity index (χ4v) is 1.91. The summed E-state index contributed by atoms with van der Waals surface area (Å²) in [6.07, 6.45) is 5.16. The highest BCUT2D eigenvalue weighted by molar-refractivity contribution is 5.35. The molecule has 5 nitrogen and oxygen atoms in total. The number of rotatable bonds is 5. The van der Waals surface area contributed by atoms with E-state index in [0.29, 0.717) is 18.2 Å². The van der Waals surface area contributed by atoms with Crippen LogP contribution in [0, 0.1) is 5.92 Å². The molecule has 0 saturated heterocycles. The maximum Gasteiger partial charge on any atom is 0.143 e. The number of nitrogens with one attached hydrogen (secondary N) is 1. The van der Waals surface area contributed by atoms with E-state index in [-0.39, 0.29) is 0 Å². The van der Waals surface area contributed by atoms with E-state index in [4.69, 9.17) is 5.84 Å². The molecule has 0 aliphatic rings. The number of pyridine rings is 1. The number of hydrazine groups is 1. The van der Waals surface area contributed by atoms with Crippen LogP contribution in [-0.4, -0.2) is 15.0 Å². The van der Waals surface area contributed by atoms with Crippen LogP contribution in [-0.2, 0) is 12.8 Å². The highest BCUT2D eigenvalue weighted by atomic mass is 15.3. The average molecular weight is 257 g/mol. The second kappa shape index (κ2) is 6.24. The molecule has 2 heterocycles. The number of hydrogen-bond donors (Lipinski definition) is 2. The van der Waals surface area contributed by atoms with E-state index in [0.717, 1.165) is 23.5 Å². The van der Waals surface area contributed by atoms with Gasteiger partial charge in [-0.1, -0.05) is 19.9 Å². The summed E-state index contributed by atoms with van der Waals surface area (Å²) < 4.78 is 0. The molecule has 100 valence electrons. The van der Waals surface area contributed by atoms with Gasteiger partial charge in [-0.25, -0.2) is 15.8 Å². The highest BCUT2D eigenvalue weighted by Gasteiger charge is 2.07. The Morgan fingerprint density at radius 3 is 2.79 bits per heavy atom. The molecule has 0 amide bonds. The molecule has 0 spiro atoms. The first kappa shape index (κ1) is 13.4. The Kier molecular flexibility index (Phi) is 4.41. The summed E-state index contributed by atoms with van der Waals surface area (Å²) in [6.45, 7) is 4.33. The number of nitrogen functional groups attached to an aromatic ring is 1. The zero-order chi connectivity index (χ0) is 13.7. The van der Waals surface area contributed by atoms with Crippen molar-refractivity contribution in [3.63, 3.8) is 0 Å². The summed E-state index contributed by atoms with van der Waals surface area (Å²) in [6, 6.07) is 5.82. The molecule has 2 aromatic heterocycles. The van der Waals surface area contributed by atoms with Crippen molar-refractivity contribution in [3.8, 4) is 0 Å². The third-order valence-electron chi connectivity index (χ3n) is 2.68. The summed E-state index contributed by atoms with van der Waals surface area (Å²) in [7, 11) is 0. The summed E-state index contributed by atoms with van der Waals surface area (Å²) in [4.78, 5) is 13.1. The molecule has 0 atom stereocenters. The quantitative estimate of drug-likeness (QED) is 0.632. The Balaban J connectivity index is 2.24. The molecule has 0 bridgehead atoms. The van der Waals surface area contributed by atoms with Crippen molar-refractivity contribution in [3.05, 3.63) is 47.7 Å². The molecule has 0 aromatic carbocycles. The highest BCUT2D eigenvalue weighted by Crippen LogP contribution is 2.12. The van der Waals surface area contributed by atoms with E-state index in [1.54, 1.807) is 6.20 Å². The molecular formula is C14H19N5. The Bertz CT molecular complexity index is 525. The lowest BCUT2D eigenvalue weighted by Crippen LogP contribution is -2.12. The molecule has 19 heavy (non-hydrogen) atoms. The van der Waals surface area contributed by atoms with Gasteiger partial charge in [-0.3, -0.25) is 4.98 Å². The van der Waals surface area contributed by atoms with Crippen LogP contribution in [0.5, 0.6) is 0 Å².